The Morgan fingerprint density at radius 1 is 1.06 bits per heavy atom. The second kappa shape index (κ2) is 12.3. The van der Waals surface area contributed by atoms with Crippen molar-refractivity contribution in [3.63, 3.8) is 0 Å². The fourth-order valence-electron chi connectivity index (χ4n) is 3.06. The molecule has 0 spiro atoms. The summed E-state index contributed by atoms with van der Waals surface area (Å²) >= 11 is 5.88. The average Bonchev–Trinajstić information content (AvgIpc) is 2.81. The number of carbonyl (C=O) groups is 3. The van der Waals surface area contributed by atoms with Crippen LogP contribution in [0.15, 0.2) is 53.4 Å². The van der Waals surface area contributed by atoms with Crippen molar-refractivity contribution in [3.8, 4) is 17.2 Å². The van der Waals surface area contributed by atoms with E-state index in [1.807, 2.05) is 0 Å². The summed E-state index contributed by atoms with van der Waals surface area (Å²) in [6, 6.07) is 13.2. The summed E-state index contributed by atoms with van der Waals surface area (Å²) in [7, 11) is -4.12. The number of amides is 1. The molecule has 34 heavy (non-hydrogen) atoms. The van der Waals surface area contributed by atoms with Crippen molar-refractivity contribution >= 4 is 39.3 Å². The topological polar surface area (TPSA) is 153 Å². The van der Waals surface area contributed by atoms with Gasteiger partial charge in [0.05, 0.1) is 11.0 Å². The molecule has 0 radical (unpaired) electrons. The Kier molecular flexibility index (Phi) is 9.74. The Bertz CT molecular complexity index is 1170. The van der Waals surface area contributed by atoms with Gasteiger partial charge < -0.3 is 10.4 Å². The number of nitriles is 1. The lowest BCUT2D eigenvalue weighted by molar-refractivity contribution is -0.139. The molecule has 0 saturated heterocycles. The van der Waals surface area contributed by atoms with Crippen molar-refractivity contribution in [1.29, 1.82) is 5.26 Å². The molecule has 0 aliphatic carbocycles. The quantitative estimate of drug-likeness (QED) is 0.296. The maximum absolute atomic E-state index is 12.7. The molecule has 2 aromatic carbocycles. The Morgan fingerprint density at radius 2 is 1.62 bits per heavy atom. The van der Waals surface area contributed by atoms with E-state index in [1.54, 1.807) is 42.5 Å². The summed E-state index contributed by atoms with van der Waals surface area (Å²) < 4.78 is 27.5. The van der Waals surface area contributed by atoms with E-state index < -0.39 is 39.6 Å². The number of hydrogen-bond acceptors (Lipinski definition) is 6. The average molecular weight is 506 g/mol. The zero-order valence-electron chi connectivity index (χ0n) is 18.3. The number of rotatable bonds is 12. The molecule has 0 aliphatic rings. The highest BCUT2D eigenvalue weighted by Crippen LogP contribution is 2.23. The summed E-state index contributed by atoms with van der Waals surface area (Å²) in [6.07, 6.45) is 0.0328. The zero-order chi connectivity index (χ0) is 25.3. The van der Waals surface area contributed by atoms with Crippen molar-refractivity contribution in [2.75, 3.05) is 6.54 Å². The normalized spacial score (nSPS) is 12.9. The number of halogens is 1. The van der Waals surface area contributed by atoms with E-state index in [0.29, 0.717) is 5.02 Å². The molecule has 0 bridgehead atoms. The first-order chi connectivity index (χ1) is 16.1. The zero-order valence-corrected chi connectivity index (χ0v) is 19.9. The Balaban J connectivity index is 1.98. The molecular formula is C23H24ClN3O6S. The number of sulfonamides is 1. The van der Waals surface area contributed by atoms with Crippen molar-refractivity contribution < 1.29 is 27.9 Å². The van der Waals surface area contributed by atoms with E-state index in [1.165, 1.54) is 19.1 Å². The Hall–Kier alpha value is -3.26. The van der Waals surface area contributed by atoms with Gasteiger partial charge in [-0.1, -0.05) is 42.8 Å². The number of nitrogens with one attached hydrogen (secondary N) is 2. The van der Waals surface area contributed by atoms with Gasteiger partial charge in [0.15, 0.2) is 11.7 Å². The number of ketones is 1. The standard InChI is InChI=1S/C23H24ClN3O6S/c1-2-21(28)19(14-25)22(29)26-13-3-4-20(23(30)31)27-34(32,33)18-11-7-16(8-12-18)15-5-9-17(24)10-6-15/h5-12,19-20,27H,2-4,13H2,1H3,(H,26,29)(H,30,31)/t19?,20-/m0/s1. The van der Waals surface area contributed by atoms with Gasteiger partial charge in [-0.15, -0.1) is 0 Å². The van der Waals surface area contributed by atoms with Gasteiger partial charge in [0, 0.05) is 18.0 Å². The number of carbonyl (C=O) groups excluding carboxylic acids is 2. The lowest BCUT2D eigenvalue weighted by Crippen LogP contribution is -2.41. The van der Waals surface area contributed by atoms with Crippen molar-refractivity contribution in [2.24, 2.45) is 5.92 Å². The van der Waals surface area contributed by atoms with Crippen molar-refractivity contribution in [3.05, 3.63) is 53.6 Å². The molecule has 2 aromatic rings. The van der Waals surface area contributed by atoms with E-state index in [9.17, 15) is 27.9 Å². The first kappa shape index (κ1) is 27.0. The van der Waals surface area contributed by atoms with Gasteiger partial charge in [-0.2, -0.15) is 9.98 Å². The van der Waals surface area contributed by atoms with E-state index in [2.05, 4.69) is 10.0 Å². The number of carboxylic acid groups (broad SMARTS) is 1. The predicted molar refractivity (Wildman–Crippen MR) is 125 cm³/mol. The number of carboxylic acids is 1. The summed E-state index contributed by atoms with van der Waals surface area (Å²) in [5.41, 5.74) is 1.60. The van der Waals surface area contributed by atoms with Gasteiger partial charge >= 0.3 is 5.97 Å². The molecule has 2 rings (SSSR count). The van der Waals surface area contributed by atoms with E-state index in [4.69, 9.17) is 16.9 Å². The second-order valence-corrected chi connectivity index (χ2v) is 9.51. The third kappa shape index (κ3) is 7.38. The minimum atomic E-state index is -4.12. The Morgan fingerprint density at radius 3 is 2.12 bits per heavy atom. The minimum absolute atomic E-state index is 0.0185. The molecule has 0 aromatic heterocycles. The molecule has 0 saturated carbocycles. The molecule has 0 fully saturated rings. The first-order valence-corrected chi connectivity index (χ1v) is 12.3. The van der Waals surface area contributed by atoms with E-state index in [0.717, 1.165) is 11.1 Å². The second-order valence-electron chi connectivity index (χ2n) is 7.36. The van der Waals surface area contributed by atoms with Crippen LogP contribution in [-0.2, 0) is 24.4 Å². The number of nitrogens with zero attached hydrogens (tertiary/aromatic N) is 1. The highest BCUT2D eigenvalue weighted by atomic mass is 35.5. The molecule has 180 valence electrons. The van der Waals surface area contributed by atoms with Crippen molar-refractivity contribution in [2.45, 2.75) is 37.1 Å². The highest BCUT2D eigenvalue weighted by Gasteiger charge is 2.26. The molecular weight excluding hydrogens is 482 g/mol. The Labute approximate surface area is 202 Å². The molecule has 1 unspecified atom stereocenters. The molecule has 0 aliphatic heterocycles. The van der Waals surface area contributed by atoms with Gasteiger partial charge in [-0.05, 0) is 48.2 Å². The summed E-state index contributed by atoms with van der Waals surface area (Å²) in [6.45, 7) is 1.52. The third-order valence-corrected chi connectivity index (χ3v) is 6.71. The fourth-order valence-corrected chi connectivity index (χ4v) is 4.41. The number of aliphatic carboxylic acids is 1. The van der Waals surface area contributed by atoms with Gasteiger partial charge in [0.2, 0.25) is 15.9 Å². The van der Waals surface area contributed by atoms with Crippen LogP contribution in [0.3, 0.4) is 0 Å². The SMILES string of the molecule is CCC(=O)C(C#N)C(=O)NCCC[C@H](NS(=O)(=O)c1ccc(-c2ccc(Cl)cc2)cc1)C(=O)O. The molecule has 1 amide bonds. The van der Waals surface area contributed by atoms with Crippen molar-refractivity contribution in [1.82, 2.24) is 10.0 Å². The summed E-state index contributed by atoms with van der Waals surface area (Å²) in [5.74, 6) is -4.07. The van der Waals surface area contributed by atoms with Gasteiger partial charge in [0.1, 0.15) is 6.04 Å². The first-order valence-electron chi connectivity index (χ1n) is 10.4. The lowest BCUT2D eigenvalue weighted by Gasteiger charge is -2.15. The number of Topliss-reactive ketones (excluding diaryl/α,β-unsaturated/α-hetero) is 1. The number of benzene rings is 2. The van der Waals surface area contributed by atoms with Crippen LogP contribution in [-0.4, -0.2) is 43.8 Å². The highest BCUT2D eigenvalue weighted by molar-refractivity contribution is 7.89. The smallest absolute Gasteiger partial charge is 0.321 e. The van der Waals surface area contributed by atoms with Gasteiger partial charge in [-0.3, -0.25) is 14.4 Å². The molecule has 2 atom stereocenters. The van der Waals surface area contributed by atoms with Crippen LogP contribution in [0.4, 0.5) is 0 Å². The molecule has 3 N–H and O–H groups in total. The summed E-state index contributed by atoms with van der Waals surface area (Å²) in [4.78, 5) is 35.0. The van der Waals surface area contributed by atoms with Crippen LogP contribution in [0, 0.1) is 17.2 Å². The monoisotopic (exact) mass is 505 g/mol. The van der Waals surface area contributed by atoms with Gasteiger partial charge in [0.25, 0.3) is 0 Å². The molecule has 9 nitrogen and oxygen atoms in total. The third-order valence-electron chi connectivity index (χ3n) is 4.97. The molecule has 0 heterocycles. The van der Waals surface area contributed by atoms with Gasteiger partial charge in [-0.25, -0.2) is 8.42 Å². The van der Waals surface area contributed by atoms with Crippen LogP contribution in [0.25, 0.3) is 11.1 Å². The van der Waals surface area contributed by atoms with Crippen LogP contribution in [0.1, 0.15) is 26.2 Å². The van der Waals surface area contributed by atoms with Crippen LogP contribution < -0.4 is 10.0 Å². The van der Waals surface area contributed by atoms with E-state index >= 15 is 0 Å². The maximum Gasteiger partial charge on any atom is 0.321 e. The van der Waals surface area contributed by atoms with Crippen LogP contribution in [0.2, 0.25) is 5.02 Å². The van der Waals surface area contributed by atoms with Crippen LogP contribution in [0.5, 0.6) is 0 Å². The lowest BCUT2D eigenvalue weighted by atomic mass is 10.0. The molecule has 11 heteroatoms. The maximum atomic E-state index is 12.7. The fraction of sp³-hybridized carbons (Fsp3) is 0.304. The van der Waals surface area contributed by atoms with E-state index in [-0.39, 0.29) is 30.7 Å². The predicted octanol–water partition coefficient (Wildman–Crippen LogP) is 2.75. The summed E-state index contributed by atoms with van der Waals surface area (Å²) in [5, 5.41) is 21.4. The largest absolute Gasteiger partial charge is 0.480 e. The minimum Gasteiger partial charge on any atom is -0.480 e. The van der Waals surface area contributed by atoms with Crippen LogP contribution >= 0.6 is 11.6 Å². The number of hydrogen-bond donors (Lipinski definition) is 3.